The number of nitrogens with zero attached hydrogens (tertiary/aromatic N) is 5. The minimum atomic E-state index is -0.324. The molecule has 2 aromatic rings. The Bertz CT molecular complexity index is 651. The Balaban J connectivity index is 1.49. The van der Waals surface area contributed by atoms with Gasteiger partial charge in [0.2, 0.25) is 5.95 Å². The molecule has 0 amide bonds. The molecule has 5 nitrogen and oxygen atoms in total. The molecule has 6 heteroatoms. The van der Waals surface area contributed by atoms with E-state index in [9.17, 15) is 4.39 Å². The molecule has 0 unspecified atom stereocenters. The summed E-state index contributed by atoms with van der Waals surface area (Å²) in [6.07, 6.45) is 7.19. The molecular formula is C16H18FN5. The lowest BCUT2D eigenvalue weighted by molar-refractivity contribution is 0.509. The van der Waals surface area contributed by atoms with Gasteiger partial charge in [0.05, 0.1) is 6.20 Å². The van der Waals surface area contributed by atoms with Crippen molar-refractivity contribution >= 4 is 11.8 Å². The highest BCUT2D eigenvalue weighted by molar-refractivity contribution is 5.48. The normalized spacial score (nSPS) is 18.6. The van der Waals surface area contributed by atoms with Gasteiger partial charge in [-0.2, -0.15) is 4.98 Å². The van der Waals surface area contributed by atoms with Crippen molar-refractivity contribution in [1.82, 2.24) is 15.0 Å². The standard InChI is InChI=1S/C16H18FN5/c17-14-9-19-16(20-15(14)21-6-1-2-7-21)22-10-13(11-22)12-4-3-5-18-8-12/h3-5,8-9,13H,1-2,6-7,10-11H2. The maximum atomic E-state index is 14.0. The first-order chi connectivity index (χ1) is 10.8. The van der Waals surface area contributed by atoms with Crippen LogP contribution in [0, 0.1) is 5.82 Å². The zero-order valence-electron chi connectivity index (χ0n) is 12.3. The van der Waals surface area contributed by atoms with Gasteiger partial charge < -0.3 is 9.80 Å². The summed E-state index contributed by atoms with van der Waals surface area (Å²) in [7, 11) is 0. The van der Waals surface area contributed by atoms with Crippen molar-refractivity contribution < 1.29 is 4.39 Å². The Labute approximate surface area is 128 Å². The number of aromatic nitrogens is 3. The van der Waals surface area contributed by atoms with Gasteiger partial charge in [-0.3, -0.25) is 4.98 Å². The predicted octanol–water partition coefficient (Wildman–Crippen LogP) is 2.21. The van der Waals surface area contributed by atoms with Gasteiger partial charge in [-0.1, -0.05) is 6.07 Å². The molecule has 0 spiro atoms. The molecule has 0 aromatic carbocycles. The van der Waals surface area contributed by atoms with Gasteiger partial charge in [0.15, 0.2) is 11.6 Å². The van der Waals surface area contributed by atoms with Gasteiger partial charge in [-0.25, -0.2) is 9.37 Å². The zero-order chi connectivity index (χ0) is 14.9. The summed E-state index contributed by atoms with van der Waals surface area (Å²) >= 11 is 0. The summed E-state index contributed by atoms with van der Waals surface area (Å²) in [6.45, 7) is 3.48. The molecule has 0 saturated carbocycles. The second-order valence-electron chi connectivity index (χ2n) is 5.92. The Hall–Kier alpha value is -2.24. The number of anilines is 2. The summed E-state index contributed by atoms with van der Waals surface area (Å²) < 4.78 is 14.0. The van der Waals surface area contributed by atoms with Crippen LogP contribution in [0.15, 0.2) is 30.7 Å². The van der Waals surface area contributed by atoms with Crippen molar-refractivity contribution in [2.45, 2.75) is 18.8 Å². The van der Waals surface area contributed by atoms with Gasteiger partial charge >= 0.3 is 0 Å². The van der Waals surface area contributed by atoms with E-state index in [1.54, 1.807) is 6.20 Å². The van der Waals surface area contributed by atoms with Crippen LogP contribution in [0.1, 0.15) is 24.3 Å². The minimum absolute atomic E-state index is 0.324. The lowest BCUT2D eigenvalue weighted by Crippen LogP contribution is -2.46. The quantitative estimate of drug-likeness (QED) is 0.869. The average Bonchev–Trinajstić information content (AvgIpc) is 3.02. The highest BCUT2D eigenvalue weighted by Gasteiger charge is 2.31. The molecule has 4 rings (SSSR count). The summed E-state index contributed by atoms with van der Waals surface area (Å²) in [5, 5.41) is 0. The van der Waals surface area contributed by atoms with Crippen LogP contribution >= 0.6 is 0 Å². The smallest absolute Gasteiger partial charge is 0.227 e. The van der Waals surface area contributed by atoms with E-state index in [0.29, 0.717) is 17.7 Å². The van der Waals surface area contributed by atoms with Gasteiger partial charge in [-0.05, 0) is 24.5 Å². The third-order valence-electron chi connectivity index (χ3n) is 4.44. The highest BCUT2D eigenvalue weighted by atomic mass is 19.1. The molecule has 2 fully saturated rings. The summed E-state index contributed by atoms with van der Waals surface area (Å²) in [5.41, 5.74) is 1.24. The molecule has 0 aliphatic carbocycles. The second-order valence-corrected chi connectivity index (χ2v) is 5.92. The topological polar surface area (TPSA) is 45.2 Å². The van der Waals surface area contributed by atoms with E-state index in [2.05, 4.69) is 25.9 Å². The van der Waals surface area contributed by atoms with Crippen molar-refractivity contribution in [1.29, 1.82) is 0 Å². The Morgan fingerprint density at radius 2 is 1.91 bits per heavy atom. The van der Waals surface area contributed by atoms with E-state index >= 15 is 0 Å². The van der Waals surface area contributed by atoms with Crippen LogP contribution in [0.5, 0.6) is 0 Å². The molecule has 2 aliphatic rings. The first-order valence-corrected chi connectivity index (χ1v) is 7.73. The second kappa shape index (κ2) is 5.51. The molecule has 2 aliphatic heterocycles. The summed E-state index contributed by atoms with van der Waals surface area (Å²) in [6, 6.07) is 4.05. The predicted molar refractivity (Wildman–Crippen MR) is 82.6 cm³/mol. The van der Waals surface area contributed by atoms with Crippen LogP contribution in [0.25, 0.3) is 0 Å². The molecule has 4 heterocycles. The fourth-order valence-corrected chi connectivity index (χ4v) is 3.12. The number of pyridine rings is 1. The first kappa shape index (κ1) is 13.4. The molecular weight excluding hydrogens is 281 g/mol. The van der Waals surface area contributed by atoms with Gasteiger partial charge in [0, 0.05) is 44.5 Å². The highest BCUT2D eigenvalue weighted by Crippen LogP contribution is 2.31. The monoisotopic (exact) mass is 299 g/mol. The van der Waals surface area contributed by atoms with Crippen molar-refractivity contribution in [2.75, 3.05) is 36.0 Å². The number of halogens is 1. The fraction of sp³-hybridized carbons (Fsp3) is 0.438. The van der Waals surface area contributed by atoms with Gasteiger partial charge in [0.25, 0.3) is 0 Å². The number of hydrogen-bond acceptors (Lipinski definition) is 5. The van der Waals surface area contributed by atoms with Crippen LogP contribution in [0.3, 0.4) is 0 Å². The van der Waals surface area contributed by atoms with Crippen LogP contribution in [0.2, 0.25) is 0 Å². The lowest BCUT2D eigenvalue weighted by Gasteiger charge is -2.39. The average molecular weight is 299 g/mol. The Morgan fingerprint density at radius 3 is 2.64 bits per heavy atom. The maximum Gasteiger partial charge on any atom is 0.227 e. The van der Waals surface area contributed by atoms with Crippen molar-refractivity contribution in [2.24, 2.45) is 0 Å². The molecule has 0 radical (unpaired) electrons. The number of hydrogen-bond donors (Lipinski definition) is 0. The molecule has 2 aromatic heterocycles. The third-order valence-corrected chi connectivity index (χ3v) is 4.44. The molecule has 114 valence electrons. The maximum absolute atomic E-state index is 14.0. The summed E-state index contributed by atoms with van der Waals surface area (Å²) in [5.74, 6) is 1.21. The Morgan fingerprint density at radius 1 is 1.09 bits per heavy atom. The van der Waals surface area contributed by atoms with Gasteiger partial charge in [-0.15, -0.1) is 0 Å². The van der Waals surface area contributed by atoms with Gasteiger partial charge in [0.1, 0.15) is 0 Å². The van der Waals surface area contributed by atoms with Crippen molar-refractivity contribution in [3.05, 3.63) is 42.1 Å². The van der Waals surface area contributed by atoms with E-state index in [0.717, 1.165) is 39.0 Å². The number of rotatable bonds is 3. The summed E-state index contributed by atoms with van der Waals surface area (Å²) in [4.78, 5) is 16.9. The van der Waals surface area contributed by atoms with E-state index in [4.69, 9.17) is 0 Å². The zero-order valence-corrected chi connectivity index (χ0v) is 12.3. The van der Waals surface area contributed by atoms with Crippen molar-refractivity contribution in [3.63, 3.8) is 0 Å². The largest absolute Gasteiger partial charge is 0.354 e. The van der Waals surface area contributed by atoms with Crippen LogP contribution < -0.4 is 9.80 Å². The molecule has 0 N–H and O–H groups in total. The lowest BCUT2D eigenvalue weighted by atomic mass is 9.93. The first-order valence-electron chi connectivity index (χ1n) is 7.73. The molecule has 0 bridgehead atoms. The van der Waals surface area contributed by atoms with Crippen molar-refractivity contribution in [3.8, 4) is 0 Å². The van der Waals surface area contributed by atoms with E-state index in [-0.39, 0.29) is 5.82 Å². The molecule has 0 atom stereocenters. The van der Waals surface area contributed by atoms with Crippen LogP contribution in [0.4, 0.5) is 16.2 Å². The third kappa shape index (κ3) is 2.38. The van der Waals surface area contributed by atoms with Crippen LogP contribution in [-0.4, -0.2) is 41.1 Å². The Kier molecular flexibility index (Phi) is 3.36. The molecule has 22 heavy (non-hydrogen) atoms. The van der Waals surface area contributed by atoms with E-state index in [1.165, 1.54) is 11.8 Å². The van der Waals surface area contributed by atoms with E-state index in [1.807, 2.05) is 17.2 Å². The fourth-order valence-electron chi connectivity index (χ4n) is 3.12. The van der Waals surface area contributed by atoms with E-state index < -0.39 is 0 Å². The SMILES string of the molecule is Fc1cnc(N2CC(c3cccnc3)C2)nc1N1CCCC1. The minimum Gasteiger partial charge on any atom is -0.354 e. The van der Waals surface area contributed by atoms with Crippen LogP contribution in [-0.2, 0) is 0 Å². The molecule has 2 saturated heterocycles.